The van der Waals surface area contributed by atoms with Gasteiger partial charge in [-0.15, -0.1) is 0 Å². The van der Waals surface area contributed by atoms with Crippen molar-refractivity contribution in [3.63, 3.8) is 0 Å². The lowest BCUT2D eigenvalue weighted by Gasteiger charge is -2.12. The van der Waals surface area contributed by atoms with Crippen LogP contribution in [-0.4, -0.2) is 23.3 Å². The van der Waals surface area contributed by atoms with Crippen molar-refractivity contribution in [2.45, 2.75) is 13.3 Å². The molecule has 82 valence electrons. The molecular weight excluding hydrogens is 198 g/mol. The fourth-order valence-electron chi connectivity index (χ4n) is 1.38. The second-order valence-corrected chi connectivity index (χ2v) is 3.03. The third-order valence-corrected chi connectivity index (χ3v) is 2.21. The molecule has 0 bridgehead atoms. The van der Waals surface area contributed by atoms with E-state index >= 15 is 0 Å². The molecule has 1 aromatic carbocycles. The number of methoxy groups -OCH3 is 1. The van der Waals surface area contributed by atoms with E-state index in [1.807, 2.05) is 6.92 Å². The van der Waals surface area contributed by atoms with Crippen molar-refractivity contribution in [1.29, 1.82) is 0 Å². The summed E-state index contributed by atoms with van der Waals surface area (Å²) in [5.74, 6) is -1.57. The Hall–Kier alpha value is -1.91. The smallest absolute Gasteiger partial charge is 0.341 e. The van der Waals surface area contributed by atoms with E-state index in [4.69, 9.17) is 15.6 Å². The molecule has 0 aliphatic carbocycles. The number of ether oxygens (including phenoxy) is 1. The zero-order valence-corrected chi connectivity index (χ0v) is 8.57. The molecule has 0 unspecified atom stereocenters. The number of aromatic hydroxyl groups is 1. The lowest BCUT2D eigenvalue weighted by Crippen LogP contribution is -2.07. The first-order chi connectivity index (χ1) is 7.02. The van der Waals surface area contributed by atoms with E-state index in [0.29, 0.717) is 12.0 Å². The fraction of sp³-hybridized carbons (Fsp3) is 0.300. The van der Waals surface area contributed by atoms with Crippen molar-refractivity contribution < 1.29 is 19.7 Å². The number of phenols is 1. The molecule has 0 saturated heterocycles. The Bertz CT molecular complexity index is 373. The Kier molecular flexibility index (Phi) is 3.04. The number of hydrogen-bond acceptors (Lipinski definition) is 4. The van der Waals surface area contributed by atoms with Gasteiger partial charge in [0, 0.05) is 0 Å². The van der Waals surface area contributed by atoms with Gasteiger partial charge in [0.15, 0.2) is 11.5 Å². The van der Waals surface area contributed by atoms with Crippen LogP contribution >= 0.6 is 0 Å². The molecule has 5 nitrogen and oxygen atoms in total. The van der Waals surface area contributed by atoms with Gasteiger partial charge in [-0.25, -0.2) is 4.79 Å². The van der Waals surface area contributed by atoms with Crippen LogP contribution in [0.2, 0.25) is 0 Å². The molecule has 4 N–H and O–H groups in total. The van der Waals surface area contributed by atoms with Crippen LogP contribution in [0.4, 0.5) is 5.69 Å². The van der Waals surface area contributed by atoms with Crippen LogP contribution in [0, 0.1) is 0 Å². The summed E-state index contributed by atoms with van der Waals surface area (Å²) in [6.07, 6.45) is 0.572. The van der Waals surface area contributed by atoms with Crippen LogP contribution in [0.1, 0.15) is 22.8 Å². The third-order valence-electron chi connectivity index (χ3n) is 2.21. The topological polar surface area (TPSA) is 92.8 Å². The van der Waals surface area contributed by atoms with E-state index in [1.165, 1.54) is 13.2 Å². The first-order valence-electron chi connectivity index (χ1n) is 4.44. The maximum atomic E-state index is 10.9. The summed E-state index contributed by atoms with van der Waals surface area (Å²) in [5.41, 5.74) is 6.05. The Balaban J connectivity index is 3.53. The Morgan fingerprint density at radius 1 is 1.60 bits per heavy atom. The first kappa shape index (κ1) is 11.2. The lowest BCUT2D eigenvalue weighted by molar-refractivity contribution is 0.0694. The third kappa shape index (κ3) is 1.81. The quantitative estimate of drug-likeness (QED) is 0.654. The van der Waals surface area contributed by atoms with Gasteiger partial charge in [0.1, 0.15) is 5.56 Å². The Labute approximate surface area is 87.1 Å². The predicted molar refractivity (Wildman–Crippen MR) is 55.4 cm³/mol. The summed E-state index contributed by atoms with van der Waals surface area (Å²) in [4.78, 5) is 10.9. The number of rotatable bonds is 3. The summed E-state index contributed by atoms with van der Waals surface area (Å²) in [6.45, 7) is 1.84. The number of nitrogen functional groups attached to an aromatic ring is 1. The van der Waals surface area contributed by atoms with Crippen LogP contribution in [0.15, 0.2) is 6.07 Å². The molecular formula is C10H13NO4. The van der Waals surface area contributed by atoms with Crippen LogP contribution < -0.4 is 10.5 Å². The molecule has 0 aromatic heterocycles. The largest absolute Gasteiger partial charge is 0.504 e. The van der Waals surface area contributed by atoms with Crippen LogP contribution in [0.5, 0.6) is 11.5 Å². The maximum absolute atomic E-state index is 10.9. The molecule has 1 rings (SSSR count). The van der Waals surface area contributed by atoms with Gasteiger partial charge in [0.05, 0.1) is 12.8 Å². The van der Waals surface area contributed by atoms with Gasteiger partial charge >= 0.3 is 5.97 Å². The number of anilines is 1. The van der Waals surface area contributed by atoms with Gasteiger partial charge in [-0.05, 0) is 18.1 Å². The number of carbonyl (C=O) groups is 1. The monoisotopic (exact) mass is 211 g/mol. The van der Waals surface area contributed by atoms with Crippen molar-refractivity contribution in [2.24, 2.45) is 0 Å². The number of benzene rings is 1. The number of aryl methyl sites for hydroxylation is 1. The Morgan fingerprint density at radius 3 is 2.60 bits per heavy atom. The molecule has 0 aliphatic rings. The van der Waals surface area contributed by atoms with E-state index in [1.54, 1.807) is 0 Å². The minimum Gasteiger partial charge on any atom is -0.504 e. The van der Waals surface area contributed by atoms with Crippen molar-refractivity contribution in [2.75, 3.05) is 12.8 Å². The highest BCUT2D eigenvalue weighted by Gasteiger charge is 2.20. The van der Waals surface area contributed by atoms with E-state index < -0.39 is 11.7 Å². The SMILES string of the molecule is CCc1cc(OC)c(O)c(C(=O)O)c1N. The van der Waals surface area contributed by atoms with Crippen molar-refractivity contribution in [1.82, 2.24) is 0 Å². The van der Waals surface area contributed by atoms with E-state index in [-0.39, 0.29) is 17.0 Å². The minimum absolute atomic E-state index is 0.0864. The molecule has 0 amide bonds. The molecule has 5 heteroatoms. The van der Waals surface area contributed by atoms with Gasteiger partial charge in [0.25, 0.3) is 0 Å². The van der Waals surface area contributed by atoms with Crippen LogP contribution in [-0.2, 0) is 6.42 Å². The second-order valence-electron chi connectivity index (χ2n) is 3.03. The standard InChI is InChI=1S/C10H13NO4/c1-3-5-4-6(15-2)9(12)7(8(5)11)10(13)14/h4,12H,3,11H2,1-2H3,(H,13,14). The number of aromatic carboxylic acids is 1. The Morgan fingerprint density at radius 2 is 2.20 bits per heavy atom. The van der Waals surface area contributed by atoms with Crippen LogP contribution in [0.25, 0.3) is 0 Å². The fourth-order valence-corrected chi connectivity index (χ4v) is 1.38. The molecule has 0 saturated carbocycles. The van der Waals surface area contributed by atoms with Crippen molar-refractivity contribution in [3.8, 4) is 11.5 Å². The van der Waals surface area contributed by atoms with Gasteiger partial charge in [0.2, 0.25) is 0 Å². The second kappa shape index (κ2) is 4.08. The maximum Gasteiger partial charge on any atom is 0.341 e. The molecule has 15 heavy (non-hydrogen) atoms. The van der Waals surface area contributed by atoms with Gasteiger partial charge < -0.3 is 20.7 Å². The summed E-state index contributed by atoms with van der Waals surface area (Å²) in [7, 11) is 1.36. The number of carboxylic acid groups (broad SMARTS) is 1. The molecule has 0 spiro atoms. The number of hydrogen-bond donors (Lipinski definition) is 3. The summed E-state index contributed by atoms with van der Waals surface area (Å²) in [5, 5.41) is 18.5. The average molecular weight is 211 g/mol. The van der Waals surface area contributed by atoms with E-state index in [2.05, 4.69) is 0 Å². The van der Waals surface area contributed by atoms with E-state index in [9.17, 15) is 9.90 Å². The van der Waals surface area contributed by atoms with Gasteiger partial charge in [-0.1, -0.05) is 6.92 Å². The van der Waals surface area contributed by atoms with Gasteiger partial charge in [-0.3, -0.25) is 0 Å². The zero-order valence-electron chi connectivity index (χ0n) is 8.57. The predicted octanol–water partition coefficient (Wildman–Crippen LogP) is 1.24. The van der Waals surface area contributed by atoms with Gasteiger partial charge in [-0.2, -0.15) is 0 Å². The van der Waals surface area contributed by atoms with Crippen molar-refractivity contribution >= 4 is 11.7 Å². The average Bonchev–Trinajstić information content (AvgIpc) is 2.18. The first-order valence-corrected chi connectivity index (χ1v) is 4.44. The highest BCUT2D eigenvalue weighted by atomic mass is 16.5. The molecule has 0 heterocycles. The molecule has 0 radical (unpaired) electrons. The number of carboxylic acids is 1. The lowest BCUT2D eigenvalue weighted by atomic mass is 10.0. The summed E-state index contributed by atoms with van der Waals surface area (Å²) < 4.78 is 4.86. The highest BCUT2D eigenvalue weighted by molar-refractivity contribution is 5.98. The minimum atomic E-state index is -1.27. The van der Waals surface area contributed by atoms with Crippen LogP contribution in [0.3, 0.4) is 0 Å². The molecule has 0 atom stereocenters. The molecule has 0 aliphatic heterocycles. The van der Waals surface area contributed by atoms with E-state index in [0.717, 1.165) is 0 Å². The highest BCUT2D eigenvalue weighted by Crippen LogP contribution is 2.36. The number of nitrogens with two attached hydrogens (primary N) is 1. The van der Waals surface area contributed by atoms with Crippen molar-refractivity contribution in [3.05, 3.63) is 17.2 Å². The summed E-state index contributed by atoms with van der Waals surface area (Å²) >= 11 is 0. The molecule has 1 aromatic rings. The molecule has 0 fully saturated rings. The summed E-state index contributed by atoms with van der Waals surface area (Å²) in [6, 6.07) is 1.54. The zero-order chi connectivity index (χ0) is 11.6. The normalized spacial score (nSPS) is 10.0.